The maximum atomic E-state index is 13.3. The molecule has 3 aromatic rings. The zero-order chi connectivity index (χ0) is 32.1. The fraction of sp³-hybridized carbons (Fsp3) is 0.333. The monoisotopic (exact) mass is 605 g/mol. The predicted molar refractivity (Wildman–Crippen MR) is 165 cm³/mol. The van der Waals surface area contributed by atoms with Crippen LogP contribution in [-0.2, 0) is 30.4 Å². The van der Waals surface area contributed by atoms with E-state index in [-0.39, 0.29) is 31.4 Å². The molecule has 0 bridgehead atoms. The van der Waals surface area contributed by atoms with Crippen molar-refractivity contribution in [2.24, 2.45) is 0 Å². The number of esters is 2. The van der Waals surface area contributed by atoms with Gasteiger partial charge in [-0.1, -0.05) is 30.3 Å². The molecular weight excluding hydrogens is 566 g/mol. The van der Waals surface area contributed by atoms with E-state index in [4.69, 9.17) is 29.1 Å². The van der Waals surface area contributed by atoms with Gasteiger partial charge in [0.25, 0.3) is 0 Å². The standard InChI is InChI=1S/C33H39N3O8/c1-6-40-28(37)21-43-27-18-17-25(42-20-22-11-9-8-10-12-22)19-26(27)29(31(38)41-7-2)35-24-15-13-23(14-16-24)30(34)36-32(39)44-33(3,4)5/h8-19,29,35H,6-7,20-21H2,1-5H3,(H2,34,36,39). The van der Waals surface area contributed by atoms with Crippen molar-refractivity contribution in [1.82, 2.24) is 5.32 Å². The van der Waals surface area contributed by atoms with Gasteiger partial charge in [-0.3, -0.25) is 10.7 Å². The minimum absolute atomic E-state index is 0.132. The summed E-state index contributed by atoms with van der Waals surface area (Å²) in [5, 5.41) is 13.8. The van der Waals surface area contributed by atoms with Crippen LogP contribution < -0.4 is 20.1 Å². The van der Waals surface area contributed by atoms with Gasteiger partial charge < -0.3 is 29.0 Å². The molecule has 11 heteroatoms. The van der Waals surface area contributed by atoms with Gasteiger partial charge >= 0.3 is 18.0 Å². The number of benzene rings is 3. The first-order chi connectivity index (χ1) is 21.0. The Labute approximate surface area is 257 Å². The van der Waals surface area contributed by atoms with Crippen LogP contribution >= 0.6 is 0 Å². The number of rotatable bonds is 13. The van der Waals surface area contributed by atoms with E-state index in [1.54, 1.807) is 77.1 Å². The Kier molecular flexibility index (Phi) is 12.1. The summed E-state index contributed by atoms with van der Waals surface area (Å²) in [5.74, 6) is -0.555. The van der Waals surface area contributed by atoms with Gasteiger partial charge in [-0.05, 0) is 82.6 Å². The molecule has 0 heterocycles. The maximum Gasteiger partial charge on any atom is 0.413 e. The normalized spacial score (nSPS) is 11.5. The van der Waals surface area contributed by atoms with Gasteiger partial charge in [0.2, 0.25) is 0 Å². The summed E-state index contributed by atoms with van der Waals surface area (Å²) < 4.78 is 27.4. The lowest BCUT2D eigenvalue weighted by atomic mass is 10.0. The number of ether oxygens (including phenoxy) is 5. The Balaban J connectivity index is 1.88. The molecule has 0 spiro atoms. The first-order valence-electron chi connectivity index (χ1n) is 14.2. The summed E-state index contributed by atoms with van der Waals surface area (Å²) in [6.07, 6.45) is -0.739. The molecule has 44 heavy (non-hydrogen) atoms. The number of nitrogens with one attached hydrogen (secondary N) is 3. The highest BCUT2D eigenvalue weighted by atomic mass is 16.6. The number of carbonyl (C=O) groups excluding carboxylic acids is 3. The van der Waals surface area contributed by atoms with E-state index in [2.05, 4.69) is 10.6 Å². The van der Waals surface area contributed by atoms with E-state index < -0.39 is 29.7 Å². The average Bonchev–Trinajstić information content (AvgIpc) is 2.98. The largest absolute Gasteiger partial charge is 0.489 e. The van der Waals surface area contributed by atoms with E-state index in [9.17, 15) is 14.4 Å². The zero-order valence-electron chi connectivity index (χ0n) is 25.6. The molecule has 1 unspecified atom stereocenters. The molecule has 0 aromatic heterocycles. The minimum Gasteiger partial charge on any atom is -0.489 e. The van der Waals surface area contributed by atoms with Crippen LogP contribution in [0.2, 0.25) is 0 Å². The van der Waals surface area contributed by atoms with Gasteiger partial charge in [0, 0.05) is 16.8 Å². The SMILES string of the molecule is CCOC(=O)COc1ccc(OCc2ccccc2)cc1C(Nc1ccc(C(=N)NC(=O)OC(C)(C)C)cc1)C(=O)OCC. The van der Waals surface area contributed by atoms with Gasteiger partial charge in [0.05, 0.1) is 13.2 Å². The molecule has 0 aliphatic carbocycles. The third-order valence-corrected chi connectivity index (χ3v) is 5.82. The third kappa shape index (κ3) is 10.6. The zero-order valence-corrected chi connectivity index (χ0v) is 25.6. The number of anilines is 1. The van der Waals surface area contributed by atoms with Gasteiger partial charge in [-0.15, -0.1) is 0 Å². The fourth-order valence-corrected chi connectivity index (χ4v) is 3.92. The van der Waals surface area contributed by atoms with Gasteiger partial charge in [0.1, 0.15) is 29.5 Å². The number of amides is 1. The van der Waals surface area contributed by atoms with Crippen LogP contribution in [0.15, 0.2) is 72.8 Å². The first-order valence-corrected chi connectivity index (χ1v) is 14.2. The van der Waals surface area contributed by atoms with Crippen molar-refractivity contribution in [3.63, 3.8) is 0 Å². The third-order valence-electron chi connectivity index (χ3n) is 5.82. The van der Waals surface area contributed by atoms with Crippen molar-refractivity contribution in [3.05, 3.63) is 89.5 Å². The van der Waals surface area contributed by atoms with Crippen LogP contribution in [-0.4, -0.2) is 49.3 Å². The molecule has 0 aliphatic heterocycles. The first kappa shape index (κ1) is 33.4. The summed E-state index contributed by atoms with van der Waals surface area (Å²) in [5.41, 5.74) is 1.57. The number of hydrogen-bond donors (Lipinski definition) is 3. The molecule has 3 rings (SSSR count). The lowest BCUT2D eigenvalue weighted by molar-refractivity contribution is -0.145. The second kappa shape index (κ2) is 16.0. The van der Waals surface area contributed by atoms with Crippen molar-refractivity contribution >= 4 is 29.6 Å². The molecule has 3 aromatic carbocycles. The minimum atomic E-state index is -1.06. The van der Waals surface area contributed by atoms with Crippen LogP contribution in [0.5, 0.6) is 11.5 Å². The number of amidine groups is 1. The molecule has 11 nitrogen and oxygen atoms in total. The highest BCUT2D eigenvalue weighted by molar-refractivity contribution is 6.04. The molecule has 0 radical (unpaired) electrons. The number of alkyl carbamates (subject to hydrolysis) is 1. The predicted octanol–water partition coefficient (Wildman–Crippen LogP) is 5.77. The maximum absolute atomic E-state index is 13.3. The van der Waals surface area contributed by atoms with Crippen molar-refractivity contribution in [2.75, 3.05) is 25.1 Å². The van der Waals surface area contributed by atoms with E-state index in [0.717, 1.165) is 5.56 Å². The van der Waals surface area contributed by atoms with E-state index >= 15 is 0 Å². The Morgan fingerprint density at radius 3 is 2.18 bits per heavy atom. The molecule has 0 fully saturated rings. The molecule has 1 atom stereocenters. The lowest BCUT2D eigenvalue weighted by Crippen LogP contribution is -2.36. The summed E-state index contributed by atoms with van der Waals surface area (Å²) in [6, 6.07) is 20.1. The van der Waals surface area contributed by atoms with Gasteiger partial charge in [0.15, 0.2) is 12.6 Å². The van der Waals surface area contributed by atoms with Crippen LogP contribution in [0.25, 0.3) is 0 Å². The smallest absolute Gasteiger partial charge is 0.413 e. The van der Waals surface area contributed by atoms with Gasteiger partial charge in [-0.25, -0.2) is 14.4 Å². The summed E-state index contributed by atoms with van der Waals surface area (Å²) in [7, 11) is 0. The van der Waals surface area contributed by atoms with E-state index in [0.29, 0.717) is 29.2 Å². The molecule has 0 saturated heterocycles. The quantitative estimate of drug-likeness (QED) is 0.0956. The second-order valence-electron chi connectivity index (χ2n) is 10.5. The lowest BCUT2D eigenvalue weighted by Gasteiger charge is -2.22. The van der Waals surface area contributed by atoms with E-state index in [1.807, 2.05) is 30.3 Å². The van der Waals surface area contributed by atoms with Crippen molar-refractivity contribution in [2.45, 2.75) is 52.9 Å². The van der Waals surface area contributed by atoms with Crippen molar-refractivity contribution in [3.8, 4) is 11.5 Å². The Bertz CT molecular complexity index is 1420. The molecule has 0 saturated carbocycles. The van der Waals surface area contributed by atoms with Crippen molar-refractivity contribution < 1.29 is 38.1 Å². The second-order valence-corrected chi connectivity index (χ2v) is 10.5. The molecule has 1 amide bonds. The summed E-state index contributed by atoms with van der Waals surface area (Å²) in [4.78, 5) is 37.4. The van der Waals surface area contributed by atoms with Crippen LogP contribution in [0, 0.1) is 5.41 Å². The number of carbonyl (C=O) groups is 3. The fourth-order valence-electron chi connectivity index (χ4n) is 3.92. The summed E-state index contributed by atoms with van der Waals surface area (Å²) in [6.45, 7) is 8.86. The topological polar surface area (TPSA) is 145 Å². The molecule has 0 aliphatic rings. The highest BCUT2D eigenvalue weighted by Crippen LogP contribution is 2.33. The molecule has 234 valence electrons. The Morgan fingerprint density at radius 2 is 1.55 bits per heavy atom. The van der Waals surface area contributed by atoms with Crippen LogP contribution in [0.1, 0.15) is 57.4 Å². The Hall–Kier alpha value is -5.06. The Morgan fingerprint density at radius 1 is 0.864 bits per heavy atom. The highest BCUT2D eigenvalue weighted by Gasteiger charge is 2.27. The van der Waals surface area contributed by atoms with Crippen LogP contribution in [0.4, 0.5) is 10.5 Å². The molecule has 3 N–H and O–H groups in total. The van der Waals surface area contributed by atoms with Crippen LogP contribution in [0.3, 0.4) is 0 Å². The molecular formula is C33H39N3O8. The van der Waals surface area contributed by atoms with Gasteiger partial charge in [-0.2, -0.15) is 0 Å². The average molecular weight is 606 g/mol. The summed E-state index contributed by atoms with van der Waals surface area (Å²) >= 11 is 0. The number of hydrogen-bond acceptors (Lipinski definition) is 10. The van der Waals surface area contributed by atoms with E-state index in [1.165, 1.54) is 0 Å². The van der Waals surface area contributed by atoms with Crippen molar-refractivity contribution in [1.29, 1.82) is 5.41 Å².